The minimum atomic E-state index is -1.18. The molecule has 7 heteroatoms. The maximum absolute atomic E-state index is 14.5. The van der Waals surface area contributed by atoms with Crippen molar-refractivity contribution >= 4 is 22.8 Å². The van der Waals surface area contributed by atoms with Gasteiger partial charge >= 0.3 is 0 Å². The molecule has 1 aliphatic heterocycles. The van der Waals surface area contributed by atoms with E-state index in [2.05, 4.69) is 17.2 Å². The number of para-hydroxylation sites is 2. The van der Waals surface area contributed by atoms with E-state index in [1.54, 1.807) is 25.1 Å². The summed E-state index contributed by atoms with van der Waals surface area (Å²) >= 11 is 0. The van der Waals surface area contributed by atoms with Crippen LogP contribution in [0.5, 0.6) is 0 Å². The van der Waals surface area contributed by atoms with Gasteiger partial charge in [-0.25, -0.2) is 9.37 Å². The highest BCUT2D eigenvalue weighted by Gasteiger charge is 2.49. The summed E-state index contributed by atoms with van der Waals surface area (Å²) in [5.41, 5.74) is 0.717. The maximum Gasteiger partial charge on any atom is 0.291 e. The Balaban J connectivity index is 1.54. The van der Waals surface area contributed by atoms with Gasteiger partial charge in [0, 0.05) is 11.6 Å². The number of rotatable bonds is 4. The third kappa shape index (κ3) is 3.79. The molecule has 0 spiro atoms. The van der Waals surface area contributed by atoms with Crippen LogP contribution in [0.15, 0.2) is 48.5 Å². The number of halogens is 1. The van der Waals surface area contributed by atoms with E-state index in [0.29, 0.717) is 17.0 Å². The lowest BCUT2D eigenvalue weighted by atomic mass is 9.86. The second-order valence-electron chi connectivity index (χ2n) is 9.70. The summed E-state index contributed by atoms with van der Waals surface area (Å²) in [6.45, 7) is 4.28. The van der Waals surface area contributed by atoms with Crippen LogP contribution >= 0.6 is 0 Å². The third-order valence-electron chi connectivity index (χ3n) is 7.28. The second-order valence-corrected chi connectivity index (χ2v) is 9.70. The minimum absolute atomic E-state index is 0.000330. The Morgan fingerprint density at radius 1 is 1.12 bits per heavy atom. The van der Waals surface area contributed by atoms with Crippen molar-refractivity contribution < 1.29 is 14.0 Å². The van der Waals surface area contributed by atoms with E-state index in [9.17, 15) is 14.0 Å². The molecular weight excluding hydrogens is 419 g/mol. The lowest BCUT2D eigenvalue weighted by molar-refractivity contribution is -0.134. The van der Waals surface area contributed by atoms with Gasteiger partial charge < -0.3 is 14.8 Å². The van der Waals surface area contributed by atoms with Gasteiger partial charge in [0.25, 0.3) is 5.91 Å². The van der Waals surface area contributed by atoms with Crippen molar-refractivity contribution in [3.8, 4) is 0 Å². The van der Waals surface area contributed by atoms with Gasteiger partial charge in [0.1, 0.15) is 11.4 Å². The van der Waals surface area contributed by atoms with Gasteiger partial charge in [-0.05, 0) is 56.7 Å². The molecular formula is C26H29FN4O2. The Hall–Kier alpha value is -3.22. The normalized spacial score (nSPS) is 25.2. The molecule has 172 valence electrons. The average Bonchev–Trinajstić information content (AvgIpc) is 3.18. The standard InChI is InChI=1S/C26H29FN4O2/c1-17-11-13-19(14-12-17)28-25(33)26(2)16-30-22-10-6-5-9-21(22)29-23(30)24(32)31(26)15-18-7-3-4-8-20(18)27/h3-10,17,19H,11-16H2,1-2H3,(H,28,33)/t17?,19?,26-/m1/s1. The Morgan fingerprint density at radius 2 is 1.82 bits per heavy atom. The smallest absolute Gasteiger partial charge is 0.291 e. The molecule has 0 saturated heterocycles. The molecule has 6 nitrogen and oxygen atoms in total. The molecule has 2 heterocycles. The predicted molar refractivity (Wildman–Crippen MR) is 124 cm³/mol. The minimum Gasteiger partial charge on any atom is -0.351 e. The molecule has 1 N–H and O–H groups in total. The van der Waals surface area contributed by atoms with Gasteiger partial charge in [0.2, 0.25) is 5.91 Å². The molecule has 1 atom stereocenters. The summed E-state index contributed by atoms with van der Waals surface area (Å²) in [6.07, 6.45) is 4.03. The summed E-state index contributed by atoms with van der Waals surface area (Å²) < 4.78 is 16.4. The topological polar surface area (TPSA) is 67.2 Å². The van der Waals surface area contributed by atoms with E-state index in [4.69, 9.17) is 0 Å². The van der Waals surface area contributed by atoms with Gasteiger partial charge in [-0.1, -0.05) is 37.3 Å². The lowest BCUT2D eigenvalue weighted by Crippen LogP contribution is -2.64. The first-order chi connectivity index (χ1) is 15.9. The third-order valence-corrected chi connectivity index (χ3v) is 7.28. The Morgan fingerprint density at radius 3 is 2.58 bits per heavy atom. The first-order valence-corrected chi connectivity index (χ1v) is 11.7. The summed E-state index contributed by atoms with van der Waals surface area (Å²) in [7, 11) is 0. The fraction of sp³-hybridized carbons (Fsp3) is 0.423. The summed E-state index contributed by atoms with van der Waals surface area (Å²) in [4.78, 5) is 33.5. The summed E-state index contributed by atoms with van der Waals surface area (Å²) in [5, 5.41) is 3.21. The van der Waals surface area contributed by atoms with Crippen LogP contribution in [-0.4, -0.2) is 37.8 Å². The van der Waals surface area contributed by atoms with Gasteiger partial charge in [0.05, 0.1) is 24.1 Å². The van der Waals surface area contributed by atoms with Crippen LogP contribution in [-0.2, 0) is 17.9 Å². The summed E-state index contributed by atoms with van der Waals surface area (Å²) in [5.74, 6) is -0.00840. The highest BCUT2D eigenvalue weighted by Crippen LogP contribution is 2.33. The zero-order chi connectivity index (χ0) is 23.2. The molecule has 0 unspecified atom stereocenters. The van der Waals surface area contributed by atoms with Crippen LogP contribution < -0.4 is 5.32 Å². The van der Waals surface area contributed by atoms with Crippen LogP contribution in [0.2, 0.25) is 0 Å². The van der Waals surface area contributed by atoms with Crippen molar-refractivity contribution in [1.82, 2.24) is 19.8 Å². The highest BCUT2D eigenvalue weighted by molar-refractivity contribution is 6.01. The first-order valence-electron chi connectivity index (χ1n) is 11.7. The van der Waals surface area contributed by atoms with Crippen LogP contribution in [0.25, 0.3) is 11.0 Å². The number of benzene rings is 2. The monoisotopic (exact) mass is 448 g/mol. The molecule has 2 amide bonds. The van der Waals surface area contributed by atoms with Crippen molar-refractivity contribution in [1.29, 1.82) is 0 Å². The SMILES string of the molecule is CC1CCC(NC(=O)[C@@]2(C)Cn3c(nc4ccccc43)C(=O)N2Cc2ccccc2F)CC1. The van der Waals surface area contributed by atoms with E-state index in [-0.39, 0.29) is 36.8 Å². The number of aromatic nitrogens is 2. The van der Waals surface area contributed by atoms with Crippen LogP contribution in [0.4, 0.5) is 4.39 Å². The summed E-state index contributed by atoms with van der Waals surface area (Å²) in [6, 6.07) is 14.0. The fourth-order valence-electron chi connectivity index (χ4n) is 5.12. The Labute approximate surface area is 192 Å². The molecule has 3 aromatic rings. The Bertz CT molecular complexity index is 1210. The van der Waals surface area contributed by atoms with Crippen LogP contribution in [0.1, 0.15) is 55.7 Å². The number of hydrogen-bond donors (Lipinski definition) is 1. The van der Waals surface area contributed by atoms with E-state index < -0.39 is 11.4 Å². The van der Waals surface area contributed by atoms with Gasteiger partial charge in [-0.2, -0.15) is 0 Å². The average molecular weight is 449 g/mol. The van der Waals surface area contributed by atoms with Crippen molar-refractivity contribution in [2.75, 3.05) is 0 Å². The molecule has 5 rings (SSSR count). The molecule has 0 radical (unpaired) electrons. The van der Waals surface area contributed by atoms with E-state index in [1.807, 2.05) is 28.8 Å². The number of carbonyl (C=O) groups is 2. The van der Waals surface area contributed by atoms with E-state index in [0.717, 1.165) is 31.2 Å². The number of carbonyl (C=O) groups excluding carboxylic acids is 2. The van der Waals surface area contributed by atoms with Gasteiger partial charge in [0.15, 0.2) is 5.82 Å². The van der Waals surface area contributed by atoms with Gasteiger partial charge in [-0.15, -0.1) is 0 Å². The van der Waals surface area contributed by atoms with Crippen molar-refractivity contribution in [2.45, 2.75) is 64.2 Å². The van der Waals surface area contributed by atoms with Crippen LogP contribution in [0, 0.1) is 11.7 Å². The number of fused-ring (bicyclic) bond motifs is 3. The largest absolute Gasteiger partial charge is 0.351 e. The zero-order valence-electron chi connectivity index (χ0n) is 19.1. The van der Waals surface area contributed by atoms with E-state index >= 15 is 0 Å². The Kier molecular flexibility index (Phi) is 5.43. The highest BCUT2D eigenvalue weighted by atomic mass is 19.1. The lowest BCUT2D eigenvalue weighted by Gasteiger charge is -2.44. The number of imidazole rings is 1. The molecule has 0 bridgehead atoms. The predicted octanol–water partition coefficient (Wildman–Crippen LogP) is 4.29. The van der Waals surface area contributed by atoms with Crippen LogP contribution in [0.3, 0.4) is 0 Å². The molecule has 1 aromatic heterocycles. The quantitative estimate of drug-likeness (QED) is 0.648. The number of nitrogens with one attached hydrogen (secondary N) is 1. The molecule has 33 heavy (non-hydrogen) atoms. The van der Waals surface area contributed by atoms with Crippen molar-refractivity contribution in [3.63, 3.8) is 0 Å². The first kappa shape index (κ1) is 21.6. The maximum atomic E-state index is 14.5. The zero-order valence-corrected chi connectivity index (χ0v) is 19.1. The number of amides is 2. The molecule has 1 aliphatic carbocycles. The number of hydrogen-bond acceptors (Lipinski definition) is 3. The van der Waals surface area contributed by atoms with Crippen molar-refractivity contribution in [3.05, 3.63) is 65.7 Å². The number of nitrogens with zero attached hydrogens (tertiary/aromatic N) is 3. The van der Waals surface area contributed by atoms with E-state index in [1.165, 1.54) is 11.0 Å². The molecule has 2 aromatic carbocycles. The second kappa shape index (κ2) is 8.28. The molecule has 2 aliphatic rings. The van der Waals surface area contributed by atoms with Crippen molar-refractivity contribution in [2.24, 2.45) is 5.92 Å². The molecule has 1 fully saturated rings. The fourth-order valence-corrected chi connectivity index (χ4v) is 5.12. The van der Waals surface area contributed by atoms with Gasteiger partial charge in [-0.3, -0.25) is 9.59 Å². The molecule has 1 saturated carbocycles.